The van der Waals surface area contributed by atoms with Crippen LogP contribution in [-0.4, -0.2) is 23.4 Å². The highest BCUT2D eigenvalue weighted by atomic mass is 32.2. The van der Waals surface area contributed by atoms with E-state index in [1.165, 1.54) is 0 Å². The molecule has 158 valence electrons. The molecule has 0 aliphatic heterocycles. The monoisotopic (exact) mass is 432 g/mol. The highest BCUT2D eigenvalue weighted by molar-refractivity contribution is 7.89. The SMILES string of the molecule is C=CC1=C2c3ccc4nn(S(=O)(=O)c5ccc(C)cc5)cc4c3CC2(CC)CCC1=O. The Labute approximate surface area is 182 Å². The number of nitrogens with zero attached hydrogens (tertiary/aromatic N) is 2. The number of hydrogen-bond donors (Lipinski definition) is 0. The van der Waals surface area contributed by atoms with Gasteiger partial charge in [-0.05, 0) is 61.1 Å². The summed E-state index contributed by atoms with van der Waals surface area (Å²) in [6.45, 7) is 7.97. The summed E-state index contributed by atoms with van der Waals surface area (Å²) in [5.41, 5.74) is 5.44. The molecule has 1 unspecified atom stereocenters. The molecule has 2 aliphatic carbocycles. The average Bonchev–Trinajstić information content (AvgIpc) is 3.34. The minimum Gasteiger partial charge on any atom is -0.294 e. The predicted octanol–water partition coefficient (Wildman–Crippen LogP) is 4.84. The summed E-state index contributed by atoms with van der Waals surface area (Å²) >= 11 is 0. The van der Waals surface area contributed by atoms with Crippen LogP contribution in [0.5, 0.6) is 0 Å². The van der Waals surface area contributed by atoms with Gasteiger partial charge in [0.1, 0.15) is 0 Å². The molecule has 1 atom stereocenters. The topological polar surface area (TPSA) is 69.0 Å². The average molecular weight is 433 g/mol. The van der Waals surface area contributed by atoms with Crippen molar-refractivity contribution in [2.45, 2.75) is 44.4 Å². The Morgan fingerprint density at radius 2 is 1.94 bits per heavy atom. The van der Waals surface area contributed by atoms with E-state index in [9.17, 15) is 13.2 Å². The van der Waals surface area contributed by atoms with Gasteiger partial charge in [-0.25, -0.2) is 0 Å². The molecule has 0 saturated heterocycles. The van der Waals surface area contributed by atoms with Crippen LogP contribution < -0.4 is 0 Å². The van der Waals surface area contributed by atoms with Gasteiger partial charge in [0.05, 0.1) is 16.6 Å². The Kier molecular flexibility index (Phi) is 4.35. The summed E-state index contributed by atoms with van der Waals surface area (Å²) in [6, 6.07) is 10.6. The molecule has 5 nitrogen and oxygen atoms in total. The van der Waals surface area contributed by atoms with Gasteiger partial charge in [0.15, 0.2) is 5.78 Å². The van der Waals surface area contributed by atoms with Crippen molar-refractivity contribution >= 4 is 32.3 Å². The lowest BCUT2D eigenvalue weighted by Gasteiger charge is -2.34. The number of fused-ring (bicyclic) bond motifs is 5. The summed E-state index contributed by atoms with van der Waals surface area (Å²) in [4.78, 5) is 12.8. The quantitative estimate of drug-likeness (QED) is 0.592. The number of ketones is 1. The van der Waals surface area contributed by atoms with E-state index in [2.05, 4.69) is 18.6 Å². The minimum absolute atomic E-state index is 0.105. The number of benzene rings is 2. The van der Waals surface area contributed by atoms with E-state index in [4.69, 9.17) is 0 Å². The van der Waals surface area contributed by atoms with Crippen LogP contribution in [-0.2, 0) is 21.2 Å². The van der Waals surface area contributed by atoms with Gasteiger partial charge in [-0.1, -0.05) is 43.3 Å². The third-order valence-electron chi connectivity index (χ3n) is 6.94. The maximum atomic E-state index is 13.2. The zero-order valence-electron chi connectivity index (χ0n) is 17.7. The van der Waals surface area contributed by atoms with Gasteiger partial charge >= 0.3 is 0 Å². The largest absolute Gasteiger partial charge is 0.294 e. The van der Waals surface area contributed by atoms with Gasteiger partial charge in [-0.15, -0.1) is 0 Å². The highest BCUT2D eigenvalue weighted by Gasteiger charge is 2.46. The third-order valence-corrected chi connectivity index (χ3v) is 8.49. The molecule has 0 saturated carbocycles. The first-order valence-electron chi connectivity index (χ1n) is 10.5. The lowest BCUT2D eigenvalue weighted by Crippen LogP contribution is -2.27. The van der Waals surface area contributed by atoms with Gasteiger partial charge in [0, 0.05) is 22.8 Å². The molecule has 0 radical (unpaired) electrons. The highest BCUT2D eigenvalue weighted by Crippen LogP contribution is 2.56. The summed E-state index contributed by atoms with van der Waals surface area (Å²) in [6.07, 6.45) is 6.34. The number of carbonyl (C=O) groups excluding carboxylic acids is 1. The molecule has 3 aromatic rings. The molecule has 0 fully saturated rings. The normalized spacial score (nSPS) is 20.8. The Balaban J connectivity index is 1.72. The van der Waals surface area contributed by atoms with Crippen molar-refractivity contribution in [3.8, 4) is 0 Å². The lowest BCUT2D eigenvalue weighted by atomic mass is 9.68. The Morgan fingerprint density at radius 1 is 1.19 bits per heavy atom. The van der Waals surface area contributed by atoms with Crippen molar-refractivity contribution in [1.82, 2.24) is 9.19 Å². The fourth-order valence-corrected chi connectivity index (χ4v) is 6.31. The third kappa shape index (κ3) is 2.78. The van der Waals surface area contributed by atoms with E-state index < -0.39 is 10.0 Å². The minimum atomic E-state index is -3.78. The van der Waals surface area contributed by atoms with Crippen molar-refractivity contribution in [1.29, 1.82) is 0 Å². The number of rotatable bonds is 4. The first-order valence-corrected chi connectivity index (χ1v) is 12.0. The van der Waals surface area contributed by atoms with Crippen LogP contribution in [0.3, 0.4) is 0 Å². The Morgan fingerprint density at radius 3 is 2.61 bits per heavy atom. The first-order chi connectivity index (χ1) is 14.8. The second-order valence-electron chi connectivity index (χ2n) is 8.57. The van der Waals surface area contributed by atoms with Crippen molar-refractivity contribution in [2.75, 3.05) is 0 Å². The van der Waals surface area contributed by atoms with Crippen molar-refractivity contribution in [3.63, 3.8) is 0 Å². The molecule has 1 aromatic heterocycles. The fourth-order valence-electron chi connectivity index (χ4n) is 5.17. The number of Topliss-reactive ketones (excluding diaryl/α,β-unsaturated/α-hetero) is 1. The number of aryl methyl sites for hydroxylation is 1. The molecule has 6 heteroatoms. The second kappa shape index (κ2) is 6.76. The van der Waals surface area contributed by atoms with E-state index in [0.29, 0.717) is 17.5 Å². The fraction of sp³-hybridized carbons (Fsp3) is 0.280. The molecule has 0 spiro atoms. The number of carbonyl (C=O) groups is 1. The van der Waals surface area contributed by atoms with Gasteiger partial charge in [0.25, 0.3) is 10.0 Å². The van der Waals surface area contributed by atoms with Crippen LogP contribution in [0.2, 0.25) is 0 Å². The molecule has 5 rings (SSSR count). The van der Waals surface area contributed by atoms with Crippen molar-refractivity contribution in [2.24, 2.45) is 5.41 Å². The smallest absolute Gasteiger partial charge is 0.282 e. The van der Waals surface area contributed by atoms with Crippen LogP contribution in [0.25, 0.3) is 16.5 Å². The summed E-state index contributed by atoms with van der Waals surface area (Å²) in [5.74, 6) is 0.139. The predicted molar refractivity (Wildman–Crippen MR) is 121 cm³/mol. The van der Waals surface area contributed by atoms with Crippen LogP contribution >= 0.6 is 0 Å². The van der Waals surface area contributed by atoms with Gasteiger partial charge in [-0.3, -0.25) is 4.79 Å². The molecule has 0 amide bonds. The maximum Gasteiger partial charge on any atom is 0.282 e. The van der Waals surface area contributed by atoms with E-state index in [1.54, 1.807) is 36.5 Å². The molecular formula is C25H24N2O3S. The van der Waals surface area contributed by atoms with Gasteiger partial charge in [0.2, 0.25) is 0 Å². The van der Waals surface area contributed by atoms with Crippen LogP contribution in [0.15, 0.2) is 65.7 Å². The molecular weight excluding hydrogens is 408 g/mol. The molecule has 31 heavy (non-hydrogen) atoms. The summed E-state index contributed by atoms with van der Waals surface area (Å²) in [5, 5.41) is 5.24. The van der Waals surface area contributed by atoms with E-state index >= 15 is 0 Å². The van der Waals surface area contributed by atoms with E-state index in [0.717, 1.165) is 51.0 Å². The van der Waals surface area contributed by atoms with Crippen molar-refractivity contribution in [3.05, 3.63) is 77.5 Å². The zero-order chi connectivity index (χ0) is 22.0. The summed E-state index contributed by atoms with van der Waals surface area (Å²) < 4.78 is 27.4. The van der Waals surface area contributed by atoms with Crippen LogP contribution in [0.1, 0.15) is 42.9 Å². The standard InChI is InChI=1S/C25H24N2O3S/c1-4-18-23(28)12-13-25(5-2)14-20-19(24(18)25)10-11-22-21(20)15-27(26-22)31(29,30)17-8-6-16(3)7-9-17/h4,6-11,15H,1,5,12-14H2,2-3H3. The number of hydrogen-bond acceptors (Lipinski definition) is 4. The second-order valence-corrected chi connectivity index (χ2v) is 10.4. The summed E-state index contributed by atoms with van der Waals surface area (Å²) in [7, 11) is -3.78. The Bertz CT molecular complexity index is 1390. The Hall–Kier alpha value is -2.99. The van der Waals surface area contributed by atoms with Gasteiger partial charge < -0.3 is 0 Å². The van der Waals surface area contributed by atoms with E-state index in [-0.39, 0.29) is 16.1 Å². The number of aromatic nitrogens is 2. The molecule has 1 heterocycles. The molecule has 2 aromatic carbocycles. The molecule has 2 aliphatic rings. The first kappa shape index (κ1) is 19.9. The lowest BCUT2D eigenvalue weighted by molar-refractivity contribution is -0.116. The van der Waals surface area contributed by atoms with Crippen LogP contribution in [0.4, 0.5) is 0 Å². The van der Waals surface area contributed by atoms with Crippen LogP contribution in [0, 0.1) is 12.3 Å². The van der Waals surface area contributed by atoms with Gasteiger partial charge in [-0.2, -0.15) is 17.6 Å². The maximum absolute atomic E-state index is 13.2. The molecule has 0 N–H and O–H groups in total. The molecule has 0 bridgehead atoms. The van der Waals surface area contributed by atoms with Crippen molar-refractivity contribution < 1.29 is 13.2 Å². The van der Waals surface area contributed by atoms with E-state index in [1.807, 2.05) is 19.1 Å². The number of allylic oxidation sites excluding steroid dienone is 3. The zero-order valence-corrected chi connectivity index (χ0v) is 18.5.